The summed E-state index contributed by atoms with van der Waals surface area (Å²) in [5.74, 6) is 0.521. The van der Waals surface area contributed by atoms with Crippen LogP contribution in [0.25, 0.3) is 0 Å². The molecule has 120 valence electrons. The minimum atomic E-state index is -0.359. The average molecular weight is 296 g/mol. The van der Waals surface area contributed by atoms with Crippen LogP contribution in [0, 0.1) is 5.92 Å². The van der Waals surface area contributed by atoms with Gasteiger partial charge in [-0.25, -0.2) is 4.79 Å². The molecule has 0 atom stereocenters. The van der Waals surface area contributed by atoms with Gasteiger partial charge in [-0.05, 0) is 12.3 Å². The molecule has 0 bridgehead atoms. The normalized spacial score (nSPS) is 11.1. The summed E-state index contributed by atoms with van der Waals surface area (Å²) >= 11 is 0. The zero-order valence-electron chi connectivity index (χ0n) is 13.6. The van der Waals surface area contributed by atoms with Crippen LogP contribution in [0.1, 0.15) is 46.5 Å². The number of aromatic nitrogens is 2. The first-order valence-electron chi connectivity index (χ1n) is 7.73. The zero-order valence-corrected chi connectivity index (χ0v) is 13.6. The smallest absolute Gasteiger partial charge is 0.332 e. The maximum atomic E-state index is 12.2. The minimum Gasteiger partial charge on any atom is -0.383 e. The number of nitrogens with one attached hydrogen (secondary N) is 1. The molecule has 0 amide bonds. The van der Waals surface area contributed by atoms with Crippen LogP contribution in [0.4, 0.5) is 11.5 Å². The molecule has 0 radical (unpaired) electrons. The Morgan fingerprint density at radius 2 is 1.86 bits per heavy atom. The van der Waals surface area contributed by atoms with Crippen LogP contribution in [0.5, 0.6) is 0 Å². The van der Waals surface area contributed by atoms with E-state index in [9.17, 15) is 9.59 Å². The van der Waals surface area contributed by atoms with E-state index in [4.69, 9.17) is 5.73 Å². The summed E-state index contributed by atoms with van der Waals surface area (Å²) in [4.78, 5) is 24.3. The highest BCUT2D eigenvalue weighted by atomic mass is 16.2. The predicted octanol–water partition coefficient (Wildman–Crippen LogP) is 1.78. The highest BCUT2D eigenvalue weighted by Crippen LogP contribution is 2.13. The second kappa shape index (κ2) is 7.90. The standard InChI is InChI=1S/C15H28N4O2/c1-5-6-7-8-9-17-12-13(16)19(10-11(2)3)15(21)18(4)14(12)20/h11,17H,5-10,16H2,1-4H3. The van der Waals surface area contributed by atoms with Crippen molar-refractivity contribution >= 4 is 11.5 Å². The third-order valence-electron chi connectivity index (χ3n) is 3.46. The Labute approximate surface area is 126 Å². The molecule has 0 unspecified atom stereocenters. The highest BCUT2D eigenvalue weighted by molar-refractivity contribution is 5.60. The summed E-state index contributed by atoms with van der Waals surface area (Å²) < 4.78 is 2.59. The van der Waals surface area contributed by atoms with Gasteiger partial charge in [0.1, 0.15) is 11.5 Å². The van der Waals surface area contributed by atoms with Crippen molar-refractivity contribution in [3.63, 3.8) is 0 Å². The summed E-state index contributed by atoms with van der Waals surface area (Å²) in [6.07, 6.45) is 4.46. The lowest BCUT2D eigenvalue weighted by atomic mass is 10.2. The quantitative estimate of drug-likeness (QED) is 0.716. The Kier molecular flexibility index (Phi) is 6.52. The van der Waals surface area contributed by atoms with Gasteiger partial charge in [-0.3, -0.25) is 13.9 Å². The molecule has 1 rings (SSSR count). The third-order valence-corrected chi connectivity index (χ3v) is 3.46. The Hall–Kier alpha value is -1.72. The van der Waals surface area contributed by atoms with Crippen LogP contribution in [0.2, 0.25) is 0 Å². The maximum Gasteiger partial charge on any atom is 0.332 e. The molecule has 0 saturated carbocycles. The van der Waals surface area contributed by atoms with Crippen molar-refractivity contribution in [1.29, 1.82) is 0 Å². The predicted molar refractivity (Wildman–Crippen MR) is 87.8 cm³/mol. The van der Waals surface area contributed by atoms with Crippen LogP contribution in [0.3, 0.4) is 0 Å². The number of nitrogen functional groups attached to an aromatic ring is 1. The topological polar surface area (TPSA) is 82.0 Å². The van der Waals surface area contributed by atoms with Crippen molar-refractivity contribution in [2.24, 2.45) is 13.0 Å². The lowest BCUT2D eigenvalue weighted by Crippen LogP contribution is -2.41. The van der Waals surface area contributed by atoms with E-state index in [1.54, 1.807) is 0 Å². The van der Waals surface area contributed by atoms with Crippen LogP contribution >= 0.6 is 0 Å². The molecular weight excluding hydrogens is 268 g/mol. The molecule has 0 fully saturated rings. The van der Waals surface area contributed by atoms with Gasteiger partial charge in [-0.1, -0.05) is 40.0 Å². The zero-order chi connectivity index (χ0) is 16.0. The molecule has 0 saturated heterocycles. The number of unbranched alkanes of at least 4 members (excludes halogenated alkanes) is 3. The number of rotatable bonds is 8. The van der Waals surface area contributed by atoms with Gasteiger partial charge in [0.25, 0.3) is 5.56 Å². The molecule has 0 aliphatic heterocycles. The summed E-state index contributed by atoms with van der Waals surface area (Å²) in [5, 5.41) is 3.10. The molecule has 1 aromatic rings. The number of nitrogens with two attached hydrogens (primary N) is 1. The van der Waals surface area contributed by atoms with E-state index in [-0.39, 0.29) is 23.0 Å². The first-order chi connectivity index (χ1) is 9.90. The average Bonchev–Trinajstić information content (AvgIpc) is 2.44. The van der Waals surface area contributed by atoms with Gasteiger partial charge in [0, 0.05) is 20.1 Å². The number of nitrogens with zero attached hydrogens (tertiary/aromatic N) is 2. The largest absolute Gasteiger partial charge is 0.383 e. The van der Waals surface area contributed by atoms with Crippen molar-refractivity contribution in [3.8, 4) is 0 Å². The van der Waals surface area contributed by atoms with Crippen molar-refractivity contribution in [3.05, 3.63) is 20.8 Å². The summed E-state index contributed by atoms with van der Waals surface area (Å²) in [6, 6.07) is 0. The van der Waals surface area contributed by atoms with Gasteiger partial charge in [0.2, 0.25) is 0 Å². The first kappa shape index (κ1) is 17.3. The molecule has 3 N–H and O–H groups in total. The van der Waals surface area contributed by atoms with Gasteiger partial charge >= 0.3 is 5.69 Å². The summed E-state index contributed by atoms with van der Waals surface area (Å²) in [6.45, 7) is 7.37. The van der Waals surface area contributed by atoms with E-state index in [0.717, 1.165) is 17.4 Å². The fourth-order valence-corrected chi connectivity index (χ4v) is 2.26. The molecule has 0 spiro atoms. The van der Waals surface area contributed by atoms with Crippen molar-refractivity contribution in [2.75, 3.05) is 17.6 Å². The molecular formula is C15H28N4O2. The second-order valence-electron chi connectivity index (χ2n) is 5.90. The van der Waals surface area contributed by atoms with Crippen LogP contribution in [-0.2, 0) is 13.6 Å². The second-order valence-corrected chi connectivity index (χ2v) is 5.90. The first-order valence-corrected chi connectivity index (χ1v) is 7.73. The fraction of sp³-hybridized carbons (Fsp3) is 0.733. The Morgan fingerprint density at radius 3 is 2.43 bits per heavy atom. The summed E-state index contributed by atoms with van der Waals surface area (Å²) in [7, 11) is 1.49. The molecule has 0 aliphatic carbocycles. The van der Waals surface area contributed by atoms with Crippen LogP contribution < -0.4 is 22.3 Å². The summed E-state index contributed by atoms with van der Waals surface area (Å²) in [5.41, 5.74) is 5.66. The van der Waals surface area contributed by atoms with Gasteiger partial charge in [-0.2, -0.15) is 0 Å². The maximum absolute atomic E-state index is 12.2. The molecule has 6 heteroatoms. The minimum absolute atomic E-state index is 0.243. The van der Waals surface area contributed by atoms with E-state index in [1.165, 1.54) is 24.5 Å². The Balaban J connectivity index is 3.00. The molecule has 1 heterocycles. The van der Waals surface area contributed by atoms with E-state index >= 15 is 0 Å². The lowest BCUT2D eigenvalue weighted by molar-refractivity contribution is 0.494. The third kappa shape index (κ3) is 4.37. The lowest BCUT2D eigenvalue weighted by Gasteiger charge is -2.17. The molecule has 0 aliphatic rings. The van der Waals surface area contributed by atoms with Gasteiger partial charge < -0.3 is 11.1 Å². The van der Waals surface area contributed by atoms with Crippen LogP contribution in [-0.4, -0.2) is 15.7 Å². The Bertz CT molecular complexity index is 572. The van der Waals surface area contributed by atoms with Gasteiger partial charge in [0.15, 0.2) is 0 Å². The Morgan fingerprint density at radius 1 is 1.19 bits per heavy atom. The van der Waals surface area contributed by atoms with Crippen molar-refractivity contribution in [1.82, 2.24) is 9.13 Å². The van der Waals surface area contributed by atoms with E-state index in [2.05, 4.69) is 12.2 Å². The molecule has 21 heavy (non-hydrogen) atoms. The van der Waals surface area contributed by atoms with Crippen molar-refractivity contribution in [2.45, 2.75) is 53.0 Å². The number of hydrogen-bond donors (Lipinski definition) is 2. The number of hydrogen-bond acceptors (Lipinski definition) is 4. The van der Waals surface area contributed by atoms with Crippen molar-refractivity contribution < 1.29 is 0 Å². The SMILES string of the molecule is CCCCCCNc1c(N)n(CC(C)C)c(=O)n(C)c1=O. The highest BCUT2D eigenvalue weighted by Gasteiger charge is 2.15. The molecule has 0 aromatic carbocycles. The molecule has 1 aromatic heterocycles. The van der Waals surface area contributed by atoms with E-state index in [0.29, 0.717) is 18.8 Å². The number of anilines is 2. The van der Waals surface area contributed by atoms with Crippen LogP contribution in [0.15, 0.2) is 9.59 Å². The van der Waals surface area contributed by atoms with E-state index in [1.807, 2.05) is 13.8 Å². The van der Waals surface area contributed by atoms with E-state index < -0.39 is 0 Å². The molecule has 6 nitrogen and oxygen atoms in total. The van der Waals surface area contributed by atoms with Gasteiger partial charge in [-0.15, -0.1) is 0 Å². The van der Waals surface area contributed by atoms with Gasteiger partial charge in [0.05, 0.1) is 0 Å². The monoisotopic (exact) mass is 296 g/mol. The fourth-order valence-electron chi connectivity index (χ4n) is 2.26.